The number of carbonyl (C=O) groups is 1. The van der Waals surface area contributed by atoms with Crippen molar-refractivity contribution in [1.29, 1.82) is 0 Å². The van der Waals surface area contributed by atoms with Crippen molar-refractivity contribution in [2.45, 2.75) is 13.3 Å². The molecule has 3 nitrogen and oxygen atoms in total. The molecule has 1 aromatic heterocycles. The number of hydrogen-bond donors (Lipinski definition) is 0. The number of nitrogens with zero attached hydrogens (tertiary/aromatic N) is 1. The summed E-state index contributed by atoms with van der Waals surface area (Å²) >= 11 is 4.89. The summed E-state index contributed by atoms with van der Waals surface area (Å²) < 4.78 is 5.92. The van der Waals surface area contributed by atoms with Gasteiger partial charge in [0.15, 0.2) is 5.78 Å². The molecule has 0 saturated carbocycles. The number of halogens is 1. The molecular formula is C13H12BrNO2S. The SMILES string of the molecule is COc1ccc(C(=O)Cc2nc(C)cs2)cc1Br. The van der Waals surface area contributed by atoms with Gasteiger partial charge in [-0.25, -0.2) is 4.98 Å². The molecule has 0 saturated heterocycles. The Balaban J connectivity index is 2.16. The minimum absolute atomic E-state index is 0.0627. The van der Waals surface area contributed by atoms with Crippen molar-refractivity contribution in [3.8, 4) is 5.75 Å². The average Bonchev–Trinajstić information content (AvgIpc) is 2.74. The van der Waals surface area contributed by atoms with Crippen molar-refractivity contribution < 1.29 is 9.53 Å². The van der Waals surface area contributed by atoms with Crippen LogP contribution in [-0.4, -0.2) is 17.9 Å². The summed E-state index contributed by atoms with van der Waals surface area (Å²) in [5, 5.41) is 2.80. The molecule has 0 aliphatic rings. The van der Waals surface area contributed by atoms with Gasteiger partial charge in [-0.3, -0.25) is 4.79 Å². The molecule has 0 spiro atoms. The van der Waals surface area contributed by atoms with Crippen molar-refractivity contribution in [3.63, 3.8) is 0 Å². The number of Topliss-reactive ketones (excluding diaryl/α,β-unsaturated/α-hetero) is 1. The van der Waals surface area contributed by atoms with Crippen LogP contribution in [0.25, 0.3) is 0 Å². The van der Waals surface area contributed by atoms with Gasteiger partial charge < -0.3 is 4.74 Å². The Morgan fingerprint density at radius 2 is 2.28 bits per heavy atom. The lowest BCUT2D eigenvalue weighted by Crippen LogP contribution is -2.03. The number of hydrogen-bond acceptors (Lipinski definition) is 4. The Morgan fingerprint density at radius 3 is 2.83 bits per heavy atom. The molecule has 0 unspecified atom stereocenters. The summed E-state index contributed by atoms with van der Waals surface area (Å²) in [6, 6.07) is 5.33. The van der Waals surface area contributed by atoms with Gasteiger partial charge >= 0.3 is 0 Å². The molecule has 94 valence electrons. The van der Waals surface area contributed by atoms with E-state index in [2.05, 4.69) is 20.9 Å². The number of aryl methyl sites for hydroxylation is 1. The van der Waals surface area contributed by atoms with Gasteiger partial charge in [0.2, 0.25) is 0 Å². The highest BCUT2D eigenvalue weighted by atomic mass is 79.9. The van der Waals surface area contributed by atoms with Gasteiger partial charge in [0.05, 0.1) is 18.0 Å². The highest BCUT2D eigenvalue weighted by Gasteiger charge is 2.11. The minimum Gasteiger partial charge on any atom is -0.496 e. The largest absolute Gasteiger partial charge is 0.496 e. The number of benzene rings is 1. The zero-order valence-corrected chi connectivity index (χ0v) is 12.5. The van der Waals surface area contributed by atoms with E-state index in [-0.39, 0.29) is 5.78 Å². The predicted molar refractivity (Wildman–Crippen MR) is 75.6 cm³/mol. The monoisotopic (exact) mass is 325 g/mol. The fourth-order valence-electron chi connectivity index (χ4n) is 1.56. The van der Waals surface area contributed by atoms with Gasteiger partial charge in [-0.05, 0) is 41.1 Å². The molecule has 0 radical (unpaired) electrons. The van der Waals surface area contributed by atoms with Gasteiger partial charge in [0.1, 0.15) is 10.8 Å². The van der Waals surface area contributed by atoms with Gasteiger partial charge in [-0.1, -0.05) is 0 Å². The average molecular weight is 326 g/mol. The second-order valence-electron chi connectivity index (χ2n) is 3.83. The standard InChI is InChI=1S/C13H12BrNO2S/c1-8-7-18-13(15-8)6-11(16)9-3-4-12(17-2)10(14)5-9/h3-5,7H,6H2,1-2H3. The third kappa shape index (κ3) is 2.97. The predicted octanol–water partition coefficient (Wildman–Crippen LogP) is 3.65. The highest BCUT2D eigenvalue weighted by molar-refractivity contribution is 9.10. The van der Waals surface area contributed by atoms with Crippen LogP contribution in [0.1, 0.15) is 21.1 Å². The lowest BCUT2D eigenvalue weighted by molar-refractivity contribution is 0.0993. The van der Waals surface area contributed by atoms with E-state index in [1.165, 1.54) is 11.3 Å². The minimum atomic E-state index is 0.0627. The van der Waals surface area contributed by atoms with Crippen LogP contribution in [0, 0.1) is 6.92 Å². The van der Waals surface area contributed by atoms with Crippen LogP contribution in [-0.2, 0) is 6.42 Å². The van der Waals surface area contributed by atoms with Crippen molar-refractivity contribution in [3.05, 3.63) is 44.3 Å². The van der Waals surface area contributed by atoms with Crippen LogP contribution in [0.4, 0.5) is 0 Å². The van der Waals surface area contributed by atoms with Crippen LogP contribution in [0.2, 0.25) is 0 Å². The molecule has 0 N–H and O–H groups in total. The maximum Gasteiger partial charge on any atom is 0.169 e. The molecule has 0 fully saturated rings. The molecule has 2 aromatic rings. The Morgan fingerprint density at radius 1 is 1.50 bits per heavy atom. The zero-order chi connectivity index (χ0) is 13.1. The molecular weight excluding hydrogens is 314 g/mol. The molecule has 0 atom stereocenters. The van der Waals surface area contributed by atoms with Crippen molar-refractivity contribution in [1.82, 2.24) is 4.98 Å². The smallest absolute Gasteiger partial charge is 0.169 e. The first-order valence-corrected chi connectivity index (χ1v) is 7.05. The molecule has 0 aliphatic carbocycles. The van der Waals surface area contributed by atoms with E-state index in [1.807, 2.05) is 12.3 Å². The van der Waals surface area contributed by atoms with E-state index in [4.69, 9.17) is 4.74 Å². The first kappa shape index (κ1) is 13.2. The maximum atomic E-state index is 12.1. The fraction of sp³-hybridized carbons (Fsp3) is 0.231. The van der Waals surface area contributed by atoms with Gasteiger partial charge in [-0.2, -0.15) is 0 Å². The summed E-state index contributed by atoms with van der Waals surface area (Å²) in [4.78, 5) is 16.4. The van der Waals surface area contributed by atoms with Gasteiger partial charge in [0.25, 0.3) is 0 Å². The van der Waals surface area contributed by atoms with Crippen LogP contribution in [0.3, 0.4) is 0 Å². The molecule has 5 heteroatoms. The summed E-state index contributed by atoms with van der Waals surface area (Å²) in [7, 11) is 1.60. The van der Waals surface area contributed by atoms with Crippen LogP contribution >= 0.6 is 27.3 Å². The van der Waals surface area contributed by atoms with Gasteiger partial charge in [0, 0.05) is 16.6 Å². The normalized spacial score (nSPS) is 10.4. The maximum absolute atomic E-state index is 12.1. The van der Waals surface area contributed by atoms with Gasteiger partial charge in [-0.15, -0.1) is 11.3 Å². The van der Waals surface area contributed by atoms with E-state index >= 15 is 0 Å². The molecule has 0 bridgehead atoms. The summed E-state index contributed by atoms with van der Waals surface area (Å²) in [5.41, 5.74) is 1.62. The molecule has 1 heterocycles. The van der Waals surface area contributed by atoms with Crippen molar-refractivity contribution in [2.75, 3.05) is 7.11 Å². The Hall–Kier alpha value is -1.20. The Kier molecular flexibility index (Phi) is 4.14. The fourth-order valence-corrected chi connectivity index (χ4v) is 2.87. The van der Waals surface area contributed by atoms with E-state index < -0.39 is 0 Å². The van der Waals surface area contributed by atoms with Crippen LogP contribution < -0.4 is 4.74 Å². The topological polar surface area (TPSA) is 39.2 Å². The number of rotatable bonds is 4. The second kappa shape index (κ2) is 5.63. The zero-order valence-electron chi connectivity index (χ0n) is 10.1. The number of ketones is 1. The second-order valence-corrected chi connectivity index (χ2v) is 5.63. The molecule has 0 aliphatic heterocycles. The molecule has 18 heavy (non-hydrogen) atoms. The van der Waals surface area contributed by atoms with Crippen molar-refractivity contribution in [2.24, 2.45) is 0 Å². The number of aromatic nitrogens is 1. The molecule has 2 rings (SSSR count). The highest BCUT2D eigenvalue weighted by Crippen LogP contribution is 2.26. The van der Waals surface area contributed by atoms with Crippen molar-refractivity contribution >= 4 is 33.0 Å². The van der Waals surface area contributed by atoms with Crippen LogP contribution in [0.15, 0.2) is 28.1 Å². The summed E-state index contributed by atoms with van der Waals surface area (Å²) in [5.74, 6) is 0.782. The first-order valence-electron chi connectivity index (χ1n) is 5.38. The summed E-state index contributed by atoms with van der Waals surface area (Å²) in [6.07, 6.45) is 0.345. The van der Waals surface area contributed by atoms with E-state index in [0.717, 1.165) is 20.9 Å². The van der Waals surface area contributed by atoms with Crippen LogP contribution in [0.5, 0.6) is 5.75 Å². The lowest BCUT2D eigenvalue weighted by atomic mass is 10.1. The number of methoxy groups -OCH3 is 1. The lowest BCUT2D eigenvalue weighted by Gasteiger charge is -2.05. The Bertz CT molecular complexity index is 580. The van der Waals surface area contributed by atoms with E-state index in [1.54, 1.807) is 25.3 Å². The van der Waals surface area contributed by atoms with E-state index in [0.29, 0.717) is 12.0 Å². The third-order valence-electron chi connectivity index (χ3n) is 2.45. The van der Waals surface area contributed by atoms with E-state index in [9.17, 15) is 4.79 Å². The first-order chi connectivity index (χ1) is 8.60. The Labute approximate surface area is 118 Å². The summed E-state index contributed by atoms with van der Waals surface area (Å²) in [6.45, 7) is 1.93. The molecule has 1 aromatic carbocycles. The number of ether oxygens (including phenoxy) is 1. The number of carbonyl (C=O) groups excluding carboxylic acids is 1. The third-order valence-corrected chi connectivity index (χ3v) is 4.04. The molecule has 0 amide bonds. The quantitative estimate of drug-likeness (QED) is 0.805. The number of thiazole rings is 1.